The lowest BCUT2D eigenvalue weighted by Gasteiger charge is -2.23. The molecule has 76 valence electrons. The van der Waals surface area contributed by atoms with Crippen molar-refractivity contribution in [2.75, 3.05) is 13.1 Å². The van der Waals surface area contributed by atoms with Crippen molar-refractivity contribution in [3.8, 4) is 0 Å². The van der Waals surface area contributed by atoms with Gasteiger partial charge >= 0.3 is 5.97 Å². The van der Waals surface area contributed by atoms with E-state index in [1.165, 1.54) is 0 Å². The van der Waals surface area contributed by atoms with Crippen molar-refractivity contribution in [1.82, 2.24) is 5.32 Å². The minimum atomic E-state index is -1.34. The van der Waals surface area contributed by atoms with Crippen molar-refractivity contribution in [3.05, 3.63) is 23.1 Å². The van der Waals surface area contributed by atoms with E-state index in [-0.39, 0.29) is 12.5 Å². The summed E-state index contributed by atoms with van der Waals surface area (Å²) in [6, 6.07) is 0. The summed E-state index contributed by atoms with van der Waals surface area (Å²) in [6.45, 7) is 4.28. The number of hydrogen-bond acceptors (Lipinski definition) is 3. The second kappa shape index (κ2) is 4.13. The maximum atomic E-state index is 11.1. The summed E-state index contributed by atoms with van der Waals surface area (Å²) in [6.07, 6.45) is 2.17. The Bertz CT molecular complexity index is 294. The summed E-state index contributed by atoms with van der Waals surface area (Å²) in [5.41, 5.74) is 7.02. The van der Waals surface area contributed by atoms with E-state index in [0.29, 0.717) is 13.0 Å². The Morgan fingerprint density at radius 1 is 1.93 bits per heavy atom. The maximum Gasteiger partial charge on any atom is 0.317 e. The quantitative estimate of drug-likeness (QED) is 0.302. The summed E-state index contributed by atoms with van der Waals surface area (Å²) < 4.78 is 0. The second-order valence-corrected chi connectivity index (χ2v) is 3.27. The molecule has 0 radical (unpaired) electrons. The highest BCUT2D eigenvalue weighted by Crippen LogP contribution is 2.30. The van der Waals surface area contributed by atoms with E-state index in [9.17, 15) is 4.79 Å². The molecule has 2 atom stereocenters. The minimum Gasteiger partial charge on any atom is -0.481 e. The summed E-state index contributed by atoms with van der Waals surface area (Å²) in [4.78, 5) is 13.7. The molecular weight excluding hydrogens is 184 g/mol. The topological polar surface area (TPSA) is 98.1 Å². The number of azide groups is 1. The van der Waals surface area contributed by atoms with Crippen LogP contribution in [0.15, 0.2) is 17.8 Å². The summed E-state index contributed by atoms with van der Waals surface area (Å²) in [5, 5.41) is 15.4. The Kier molecular flexibility index (Phi) is 3.11. The summed E-state index contributed by atoms with van der Waals surface area (Å²) >= 11 is 0. The Balaban J connectivity index is 3.00. The Morgan fingerprint density at radius 2 is 2.64 bits per heavy atom. The normalized spacial score (nSPS) is 30.7. The largest absolute Gasteiger partial charge is 0.481 e. The zero-order valence-corrected chi connectivity index (χ0v) is 7.68. The first-order valence-electron chi connectivity index (χ1n) is 4.28. The number of carboxylic acid groups (broad SMARTS) is 1. The Hall–Kier alpha value is -1.52. The molecule has 1 saturated heterocycles. The molecule has 0 aromatic heterocycles. The molecule has 2 unspecified atom stereocenters. The fourth-order valence-electron chi connectivity index (χ4n) is 1.72. The third-order valence-corrected chi connectivity index (χ3v) is 2.51. The predicted octanol–water partition coefficient (Wildman–Crippen LogP) is 0.916. The smallest absolute Gasteiger partial charge is 0.317 e. The van der Waals surface area contributed by atoms with Crippen LogP contribution < -0.4 is 5.32 Å². The van der Waals surface area contributed by atoms with Crippen molar-refractivity contribution in [2.45, 2.75) is 12.0 Å². The van der Waals surface area contributed by atoms with Crippen LogP contribution in [0.1, 0.15) is 6.42 Å². The standard InChI is InChI=1S/C8H12N4O2/c1-2-3-6-4-10-5-8(6,7(13)14)11-12-9/h2,6,10H,1,3-5H2,(H,13,14). The molecule has 2 N–H and O–H groups in total. The van der Waals surface area contributed by atoms with Gasteiger partial charge in [-0.05, 0) is 24.4 Å². The lowest BCUT2D eigenvalue weighted by molar-refractivity contribution is -0.144. The molecule has 1 aliphatic rings. The van der Waals surface area contributed by atoms with E-state index in [1.807, 2.05) is 0 Å². The van der Waals surface area contributed by atoms with Gasteiger partial charge in [0.25, 0.3) is 0 Å². The van der Waals surface area contributed by atoms with Crippen LogP contribution in [0.25, 0.3) is 10.4 Å². The van der Waals surface area contributed by atoms with Crippen LogP contribution in [0, 0.1) is 5.92 Å². The number of rotatable bonds is 4. The van der Waals surface area contributed by atoms with Crippen LogP contribution in [0.4, 0.5) is 0 Å². The lowest BCUT2D eigenvalue weighted by atomic mass is 9.85. The van der Waals surface area contributed by atoms with E-state index in [1.54, 1.807) is 6.08 Å². The van der Waals surface area contributed by atoms with Gasteiger partial charge in [0.2, 0.25) is 0 Å². The van der Waals surface area contributed by atoms with E-state index in [4.69, 9.17) is 10.6 Å². The Labute approximate surface area is 81.2 Å². The molecule has 1 aliphatic heterocycles. The first kappa shape index (κ1) is 10.6. The molecule has 6 nitrogen and oxygen atoms in total. The molecule has 0 saturated carbocycles. The molecule has 1 heterocycles. The Morgan fingerprint density at radius 3 is 3.14 bits per heavy atom. The average molecular weight is 196 g/mol. The minimum absolute atomic E-state index is 0.185. The molecule has 0 aromatic rings. The third-order valence-electron chi connectivity index (χ3n) is 2.51. The second-order valence-electron chi connectivity index (χ2n) is 3.27. The number of aliphatic carboxylic acids is 1. The SMILES string of the molecule is C=CCC1CNCC1(N=[N+]=[N-])C(=O)O. The predicted molar refractivity (Wildman–Crippen MR) is 50.7 cm³/mol. The first-order valence-corrected chi connectivity index (χ1v) is 4.28. The van der Waals surface area contributed by atoms with Gasteiger partial charge in [-0.2, -0.15) is 0 Å². The number of nitrogens with zero attached hydrogens (tertiary/aromatic N) is 3. The molecule has 1 rings (SSSR count). The molecular formula is C8H12N4O2. The van der Waals surface area contributed by atoms with Gasteiger partial charge in [-0.1, -0.05) is 11.2 Å². The third kappa shape index (κ3) is 1.57. The molecule has 0 amide bonds. The molecule has 6 heteroatoms. The van der Waals surface area contributed by atoms with Crippen LogP contribution in [-0.2, 0) is 4.79 Å². The van der Waals surface area contributed by atoms with Crippen LogP contribution >= 0.6 is 0 Å². The highest BCUT2D eigenvalue weighted by Gasteiger charge is 2.48. The van der Waals surface area contributed by atoms with E-state index >= 15 is 0 Å². The van der Waals surface area contributed by atoms with Gasteiger partial charge in [0.05, 0.1) is 0 Å². The van der Waals surface area contributed by atoms with Gasteiger partial charge in [-0.25, -0.2) is 0 Å². The number of nitrogens with one attached hydrogen (secondary N) is 1. The number of hydrogen-bond donors (Lipinski definition) is 2. The van der Waals surface area contributed by atoms with E-state index in [2.05, 4.69) is 21.9 Å². The van der Waals surface area contributed by atoms with Gasteiger partial charge in [-0.3, -0.25) is 4.79 Å². The fraction of sp³-hybridized carbons (Fsp3) is 0.625. The number of allylic oxidation sites excluding steroid dienone is 1. The average Bonchev–Trinajstić information content (AvgIpc) is 2.51. The summed E-state index contributed by atoms with van der Waals surface area (Å²) in [5.74, 6) is -1.29. The highest BCUT2D eigenvalue weighted by molar-refractivity contribution is 5.80. The van der Waals surface area contributed by atoms with Crippen molar-refractivity contribution < 1.29 is 9.90 Å². The van der Waals surface area contributed by atoms with Gasteiger partial charge in [0.1, 0.15) is 0 Å². The lowest BCUT2D eigenvalue weighted by Crippen LogP contribution is -2.43. The number of carboxylic acids is 1. The highest BCUT2D eigenvalue weighted by atomic mass is 16.4. The molecule has 0 aromatic carbocycles. The van der Waals surface area contributed by atoms with Crippen molar-refractivity contribution >= 4 is 5.97 Å². The fourth-order valence-corrected chi connectivity index (χ4v) is 1.72. The zero-order chi connectivity index (χ0) is 10.6. The van der Waals surface area contributed by atoms with Gasteiger partial charge in [0, 0.05) is 11.5 Å². The van der Waals surface area contributed by atoms with E-state index in [0.717, 1.165) is 0 Å². The monoisotopic (exact) mass is 196 g/mol. The summed E-state index contributed by atoms with van der Waals surface area (Å²) in [7, 11) is 0. The zero-order valence-electron chi connectivity index (χ0n) is 7.68. The van der Waals surface area contributed by atoms with Crippen LogP contribution in [0.2, 0.25) is 0 Å². The molecule has 0 spiro atoms. The molecule has 0 bridgehead atoms. The molecule has 0 aliphatic carbocycles. The molecule has 14 heavy (non-hydrogen) atoms. The first-order chi connectivity index (χ1) is 6.67. The van der Waals surface area contributed by atoms with Crippen molar-refractivity contribution in [2.24, 2.45) is 11.0 Å². The number of carbonyl (C=O) groups is 1. The van der Waals surface area contributed by atoms with E-state index < -0.39 is 11.5 Å². The van der Waals surface area contributed by atoms with Crippen molar-refractivity contribution in [1.29, 1.82) is 0 Å². The maximum absolute atomic E-state index is 11.1. The van der Waals surface area contributed by atoms with Gasteiger partial charge in [-0.15, -0.1) is 6.58 Å². The van der Waals surface area contributed by atoms with Crippen LogP contribution in [0.3, 0.4) is 0 Å². The molecule has 1 fully saturated rings. The van der Waals surface area contributed by atoms with Gasteiger partial charge in [0.15, 0.2) is 5.54 Å². The van der Waals surface area contributed by atoms with Gasteiger partial charge < -0.3 is 10.4 Å². The van der Waals surface area contributed by atoms with Crippen LogP contribution in [0.5, 0.6) is 0 Å². The van der Waals surface area contributed by atoms with Crippen molar-refractivity contribution in [3.63, 3.8) is 0 Å². The van der Waals surface area contributed by atoms with Crippen LogP contribution in [-0.4, -0.2) is 29.7 Å².